The Morgan fingerprint density at radius 3 is 3.00 bits per heavy atom. The Kier molecular flexibility index (Phi) is 4.93. The van der Waals surface area contributed by atoms with Crippen molar-refractivity contribution in [2.24, 2.45) is 11.3 Å². The minimum absolute atomic E-state index is 0.187. The van der Waals surface area contributed by atoms with Gasteiger partial charge in [0, 0.05) is 38.1 Å². The van der Waals surface area contributed by atoms with Crippen molar-refractivity contribution >= 4 is 17.2 Å². The minimum Gasteiger partial charge on any atom is -0.371 e. The maximum absolute atomic E-state index is 12.2. The molecule has 1 aliphatic carbocycles. The smallest absolute Gasteiger partial charge is 0.248 e. The zero-order valence-electron chi connectivity index (χ0n) is 14.4. The van der Waals surface area contributed by atoms with Gasteiger partial charge in [0.1, 0.15) is 6.61 Å². The van der Waals surface area contributed by atoms with Gasteiger partial charge in [0.25, 0.3) is 0 Å². The van der Waals surface area contributed by atoms with Crippen LogP contribution in [0.1, 0.15) is 37.7 Å². The number of hydrogen-bond donors (Lipinski definition) is 0. The summed E-state index contributed by atoms with van der Waals surface area (Å²) in [5, 5.41) is 4.42. The first-order valence-corrected chi connectivity index (χ1v) is 10.3. The van der Waals surface area contributed by atoms with Gasteiger partial charge in [-0.15, -0.1) is 0 Å². The molecule has 4 rings (SSSR count). The van der Waals surface area contributed by atoms with E-state index in [4.69, 9.17) is 4.74 Å². The molecule has 1 aromatic rings. The van der Waals surface area contributed by atoms with Crippen molar-refractivity contribution in [3.63, 3.8) is 0 Å². The Morgan fingerprint density at radius 1 is 1.33 bits per heavy atom. The molecule has 4 nitrogen and oxygen atoms in total. The van der Waals surface area contributed by atoms with E-state index in [1.807, 2.05) is 4.90 Å². The van der Waals surface area contributed by atoms with Gasteiger partial charge in [-0.3, -0.25) is 9.69 Å². The number of likely N-dealkylation sites (tertiary alicyclic amines) is 2. The Hall–Kier alpha value is -0.910. The van der Waals surface area contributed by atoms with E-state index in [2.05, 4.69) is 21.7 Å². The highest BCUT2D eigenvalue weighted by atomic mass is 32.1. The van der Waals surface area contributed by atoms with Crippen LogP contribution in [-0.4, -0.2) is 55.1 Å². The largest absolute Gasteiger partial charge is 0.371 e. The van der Waals surface area contributed by atoms with Gasteiger partial charge in [-0.1, -0.05) is 6.42 Å². The Bertz CT molecular complexity index is 556. The predicted molar refractivity (Wildman–Crippen MR) is 96.0 cm³/mol. The fourth-order valence-corrected chi connectivity index (χ4v) is 5.58. The van der Waals surface area contributed by atoms with Gasteiger partial charge in [0.2, 0.25) is 5.91 Å². The van der Waals surface area contributed by atoms with E-state index >= 15 is 0 Å². The molecular formula is C19H28N2O2S. The number of rotatable bonds is 6. The fourth-order valence-electron chi connectivity index (χ4n) is 4.92. The highest BCUT2D eigenvalue weighted by Crippen LogP contribution is 2.49. The number of thiophene rings is 1. The summed E-state index contributed by atoms with van der Waals surface area (Å²) in [5.74, 6) is 0.935. The molecule has 1 amide bonds. The summed E-state index contributed by atoms with van der Waals surface area (Å²) in [4.78, 5) is 16.7. The summed E-state index contributed by atoms with van der Waals surface area (Å²) < 4.78 is 5.96. The molecule has 5 heteroatoms. The van der Waals surface area contributed by atoms with E-state index in [1.165, 1.54) is 31.4 Å². The molecular weight excluding hydrogens is 320 g/mol. The first-order chi connectivity index (χ1) is 11.8. The van der Waals surface area contributed by atoms with Crippen LogP contribution in [0.25, 0.3) is 0 Å². The molecule has 0 bridgehead atoms. The van der Waals surface area contributed by atoms with Crippen LogP contribution in [-0.2, 0) is 16.1 Å². The molecule has 1 aromatic heterocycles. The van der Waals surface area contributed by atoms with Crippen molar-refractivity contribution < 1.29 is 9.53 Å². The standard InChI is InChI=1S/C19H28N2O2S/c22-18(21-7-1-2-8-21)12-23-15-19-6-3-4-17(19)11-20(14-19)10-16-5-9-24-13-16/h5,9,13,17H,1-4,6-8,10-12,14-15H2/t17-,19+/m1/s1. The molecule has 3 heterocycles. The van der Waals surface area contributed by atoms with Crippen LogP contribution >= 0.6 is 11.3 Å². The summed E-state index contributed by atoms with van der Waals surface area (Å²) in [6.07, 6.45) is 6.20. The van der Waals surface area contributed by atoms with Crippen LogP contribution in [0.2, 0.25) is 0 Å². The van der Waals surface area contributed by atoms with Crippen molar-refractivity contribution in [3.8, 4) is 0 Å². The summed E-state index contributed by atoms with van der Waals surface area (Å²) >= 11 is 1.78. The minimum atomic E-state index is 0.187. The average molecular weight is 349 g/mol. The monoisotopic (exact) mass is 348 g/mol. The van der Waals surface area contributed by atoms with Crippen molar-refractivity contribution in [2.75, 3.05) is 39.4 Å². The van der Waals surface area contributed by atoms with Crippen molar-refractivity contribution in [1.29, 1.82) is 0 Å². The third-order valence-corrected chi connectivity index (χ3v) is 6.90. The summed E-state index contributed by atoms with van der Waals surface area (Å²) in [6, 6.07) is 2.23. The number of nitrogens with zero attached hydrogens (tertiary/aromatic N) is 2. The second-order valence-electron chi connectivity index (χ2n) is 7.83. The zero-order chi connectivity index (χ0) is 16.4. The van der Waals surface area contributed by atoms with Gasteiger partial charge in [0.15, 0.2) is 0 Å². The summed E-state index contributed by atoms with van der Waals surface area (Å²) in [6.45, 7) is 6.27. The second kappa shape index (κ2) is 7.14. The molecule has 0 spiro atoms. The SMILES string of the molecule is O=C(COC[C@@]12CCC[C@@H]1CN(Cc1ccsc1)C2)N1CCCC1. The molecule has 0 radical (unpaired) electrons. The van der Waals surface area contributed by atoms with Gasteiger partial charge in [0.05, 0.1) is 6.61 Å². The van der Waals surface area contributed by atoms with Crippen LogP contribution in [0.3, 0.4) is 0 Å². The van der Waals surface area contributed by atoms with Crippen molar-refractivity contribution in [2.45, 2.75) is 38.6 Å². The fraction of sp³-hybridized carbons (Fsp3) is 0.737. The van der Waals surface area contributed by atoms with Gasteiger partial charge in [-0.05, 0) is 54.0 Å². The molecule has 1 saturated carbocycles. The molecule has 2 atom stereocenters. The normalized spacial score (nSPS) is 30.2. The molecule has 0 aromatic carbocycles. The third-order valence-electron chi connectivity index (χ3n) is 6.17. The predicted octanol–water partition coefficient (Wildman–Crippen LogP) is 2.99. The molecule has 3 aliphatic rings. The number of ether oxygens (including phenoxy) is 1. The third kappa shape index (κ3) is 3.39. The number of fused-ring (bicyclic) bond motifs is 1. The van der Waals surface area contributed by atoms with E-state index < -0.39 is 0 Å². The van der Waals surface area contributed by atoms with E-state index in [0.717, 1.165) is 51.5 Å². The number of carbonyl (C=O) groups excluding carboxylic acids is 1. The van der Waals surface area contributed by atoms with Crippen LogP contribution in [0.5, 0.6) is 0 Å². The van der Waals surface area contributed by atoms with Gasteiger partial charge in [-0.25, -0.2) is 0 Å². The molecule has 3 fully saturated rings. The molecule has 2 saturated heterocycles. The average Bonchev–Trinajstić information content (AvgIpc) is 3.32. The Morgan fingerprint density at radius 2 is 2.21 bits per heavy atom. The van der Waals surface area contributed by atoms with Gasteiger partial charge in [-0.2, -0.15) is 11.3 Å². The van der Waals surface area contributed by atoms with Crippen molar-refractivity contribution in [1.82, 2.24) is 9.80 Å². The van der Waals surface area contributed by atoms with Crippen molar-refractivity contribution in [3.05, 3.63) is 22.4 Å². The van der Waals surface area contributed by atoms with E-state index in [1.54, 1.807) is 11.3 Å². The molecule has 0 N–H and O–H groups in total. The lowest BCUT2D eigenvalue weighted by molar-refractivity contribution is -0.136. The Balaban J connectivity index is 1.30. The lowest BCUT2D eigenvalue weighted by Crippen LogP contribution is -2.36. The van der Waals surface area contributed by atoms with E-state index in [-0.39, 0.29) is 12.5 Å². The molecule has 2 aliphatic heterocycles. The maximum Gasteiger partial charge on any atom is 0.248 e. The summed E-state index contributed by atoms with van der Waals surface area (Å²) in [7, 11) is 0. The number of carbonyl (C=O) groups is 1. The highest BCUT2D eigenvalue weighted by molar-refractivity contribution is 7.07. The van der Waals surface area contributed by atoms with Crippen LogP contribution in [0.4, 0.5) is 0 Å². The summed E-state index contributed by atoms with van der Waals surface area (Å²) in [5.41, 5.74) is 1.72. The first kappa shape index (κ1) is 16.6. The lowest BCUT2D eigenvalue weighted by atomic mass is 9.81. The van der Waals surface area contributed by atoms with Crippen LogP contribution < -0.4 is 0 Å². The van der Waals surface area contributed by atoms with Gasteiger partial charge < -0.3 is 9.64 Å². The Labute approximate surface area is 148 Å². The zero-order valence-corrected chi connectivity index (χ0v) is 15.2. The second-order valence-corrected chi connectivity index (χ2v) is 8.61. The highest BCUT2D eigenvalue weighted by Gasteiger charge is 2.49. The number of amides is 1. The first-order valence-electron chi connectivity index (χ1n) is 9.34. The molecule has 132 valence electrons. The van der Waals surface area contributed by atoms with Crippen LogP contribution in [0, 0.1) is 11.3 Å². The topological polar surface area (TPSA) is 32.8 Å². The van der Waals surface area contributed by atoms with E-state index in [0.29, 0.717) is 5.41 Å². The quantitative estimate of drug-likeness (QED) is 0.792. The molecule has 24 heavy (non-hydrogen) atoms. The van der Waals surface area contributed by atoms with E-state index in [9.17, 15) is 4.79 Å². The van der Waals surface area contributed by atoms with Crippen LogP contribution in [0.15, 0.2) is 16.8 Å². The maximum atomic E-state index is 12.2. The molecule has 0 unspecified atom stereocenters. The lowest BCUT2D eigenvalue weighted by Gasteiger charge is -2.29. The number of hydrogen-bond acceptors (Lipinski definition) is 4. The van der Waals surface area contributed by atoms with Gasteiger partial charge >= 0.3 is 0 Å².